The molecule has 1 aliphatic rings. The molecule has 2 atom stereocenters. The van der Waals surface area contributed by atoms with Gasteiger partial charge in [0.05, 0.1) is 41.0 Å². The van der Waals surface area contributed by atoms with Gasteiger partial charge < -0.3 is 23.8 Å². The number of carbonyl (C=O) groups excluding carboxylic acids is 1. The summed E-state index contributed by atoms with van der Waals surface area (Å²) in [6.07, 6.45) is 1.95. The Labute approximate surface area is 143 Å². The van der Waals surface area contributed by atoms with E-state index in [0.717, 1.165) is 38.0 Å². The summed E-state index contributed by atoms with van der Waals surface area (Å²) in [5.74, 6) is 1.84. The Morgan fingerprint density at radius 2 is 1.83 bits per heavy atom. The van der Waals surface area contributed by atoms with Crippen LogP contribution in [0.2, 0.25) is 0 Å². The molecule has 6 heteroatoms. The summed E-state index contributed by atoms with van der Waals surface area (Å²) in [4.78, 5) is 13.4. The Morgan fingerprint density at radius 1 is 1.17 bits per heavy atom. The molecule has 0 bridgehead atoms. The van der Waals surface area contributed by atoms with Crippen molar-refractivity contribution in [3.63, 3.8) is 0 Å². The second kappa shape index (κ2) is 8.78. The normalized spacial score (nSPS) is 20.3. The van der Waals surface area contributed by atoms with Crippen molar-refractivity contribution in [1.29, 1.82) is 0 Å². The van der Waals surface area contributed by atoms with Crippen molar-refractivity contribution >= 4 is 5.97 Å². The molecule has 0 radical (unpaired) electrons. The Hall–Kier alpha value is -1.95. The molecule has 2 rings (SSSR count). The predicted molar refractivity (Wildman–Crippen MR) is 89.9 cm³/mol. The third-order valence-corrected chi connectivity index (χ3v) is 4.42. The minimum Gasteiger partial charge on any atom is -0.493 e. The average molecular weight is 338 g/mol. The first-order valence-electron chi connectivity index (χ1n) is 8.42. The monoisotopic (exact) mass is 338 g/mol. The number of nitrogens with one attached hydrogen (secondary N) is 1. The zero-order chi connectivity index (χ0) is 17.5. The minimum absolute atomic E-state index is 0.00394. The lowest BCUT2D eigenvalue weighted by Crippen LogP contribution is -3.12. The van der Waals surface area contributed by atoms with Crippen LogP contribution in [0.25, 0.3) is 0 Å². The number of ether oxygens (including phenoxy) is 4. The quantitative estimate of drug-likeness (QED) is 0.754. The number of methoxy groups -OCH3 is 3. The fourth-order valence-electron chi connectivity index (χ4n) is 3.30. The zero-order valence-electron chi connectivity index (χ0n) is 15.0. The van der Waals surface area contributed by atoms with Crippen LogP contribution < -0.4 is 19.1 Å². The molecular formula is C18H28NO5+. The maximum absolute atomic E-state index is 12.0. The molecule has 1 aromatic carbocycles. The Balaban J connectivity index is 2.11. The highest BCUT2D eigenvalue weighted by atomic mass is 16.5. The summed E-state index contributed by atoms with van der Waals surface area (Å²) in [6.45, 7) is 4.95. The maximum atomic E-state index is 12.0. The predicted octanol–water partition coefficient (Wildman–Crippen LogP) is 1.07. The summed E-state index contributed by atoms with van der Waals surface area (Å²) < 4.78 is 21.4. The van der Waals surface area contributed by atoms with Crippen LogP contribution in [0.4, 0.5) is 0 Å². The third kappa shape index (κ3) is 4.32. The fraction of sp³-hybridized carbons (Fsp3) is 0.611. The van der Waals surface area contributed by atoms with Gasteiger partial charge in [-0.2, -0.15) is 0 Å². The zero-order valence-corrected chi connectivity index (χ0v) is 15.0. The number of esters is 1. The van der Waals surface area contributed by atoms with E-state index in [9.17, 15) is 4.79 Å². The molecule has 0 aromatic heterocycles. The molecule has 0 aliphatic carbocycles. The fourth-order valence-corrected chi connectivity index (χ4v) is 3.30. The molecule has 1 heterocycles. The van der Waals surface area contributed by atoms with Crippen LogP contribution in [0.15, 0.2) is 12.1 Å². The van der Waals surface area contributed by atoms with Crippen molar-refractivity contribution in [2.75, 3.05) is 41.0 Å². The van der Waals surface area contributed by atoms with E-state index in [-0.39, 0.29) is 11.9 Å². The lowest BCUT2D eigenvalue weighted by molar-refractivity contribution is -0.921. The Morgan fingerprint density at radius 3 is 2.38 bits per heavy atom. The van der Waals surface area contributed by atoms with Crippen LogP contribution in [-0.4, -0.2) is 47.0 Å². The number of likely N-dealkylation sites (tertiary alicyclic amines) is 1. The van der Waals surface area contributed by atoms with Gasteiger partial charge >= 0.3 is 5.97 Å². The first-order valence-corrected chi connectivity index (χ1v) is 8.42. The molecule has 0 saturated carbocycles. The van der Waals surface area contributed by atoms with E-state index in [0.29, 0.717) is 23.9 Å². The molecule has 134 valence electrons. The lowest BCUT2D eigenvalue weighted by Gasteiger charge is -2.29. The number of hydrogen-bond donors (Lipinski definition) is 1. The highest BCUT2D eigenvalue weighted by Gasteiger charge is 2.30. The number of benzene rings is 1. The van der Waals surface area contributed by atoms with Crippen molar-refractivity contribution in [3.8, 4) is 17.2 Å². The number of quaternary nitrogens is 1. The molecule has 1 aromatic rings. The van der Waals surface area contributed by atoms with Gasteiger partial charge in [-0.05, 0) is 31.9 Å². The minimum atomic E-state index is -0.0698. The van der Waals surface area contributed by atoms with E-state index >= 15 is 0 Å². The highest BCUT2D eigenvalue weighted by Crippen LogP contribution is 2.38. The van der Waals surface area contributed by atoms with Crippen molar-refractivity contribution in [3.05, 3.63) is 17.7 Å². The maximum Gasteiger partial charge on any atom is 0.314 e. The summed E-state index contributed by atoms with van der Waals surface area (Å²) in [5.41, 5.74) is 1.10. The summed E-state index contributed by atoms with van der Waals surface area (Å²) >= 11 is 0. The van der Waals surface area contributed by atoms with Gasteiger partial charge in [-0.15, -0.1) is 0 Å². The Bertz CT molecular complexity index is 535. The smallest absolute Gasteiger partial charge is 0.314 e. The van der Waals surface area contributed by atoms with E-state index in [1.54, 1.807) is 21.3 Å². The second-order valence-corrected chi connectivity index (χ2v) is 6.01. The SMILES string of the molecule is CCOC(=O)[C@H]1CCC[NH+](Cc2cc(OC)c(OC)c(OC)c2)C1. The average Bonchev–Trinajstić information content (AvgIpc) is 2.61. The number of hydrogen-bond acceptors (Lipinski definition) is 5. The molecular weight excluding hydrogens is 310 g/mol. The van der Waals surface area contributed by atoms with E-state index in [2.05, 4.69) is 0 Å². The van der Waals surface area contributed by atoms with E-state index < -0.39 is 0 Å². The standard InChI is InChI=1S/C18H27NO5/c1-5-24-18(20)14-7-6-8-19(12-14)11-13-9-15(21-2)17(23-4)16(10-13)22-3/h9-10,14H,5-8,11-12H2,1-4H3/p+1/t14-/m0/s1. The molecule has 0 spiro atoms. The summed E-state index contributed by atoms with van der Waals surface area (Å²) in [5, 5.41) is 0. The van der Waals surface area contributed by atoms with Gasteiger partial charge in [-0.1, -0.05) is 0 Å². The van der Waals surface area contributed by atoms with Gasteiger partial charge in [0.25, 0.3) is 0 Å². The topological polar surface area (TPSA) is 58.4 Å². The first-order chi connectivity index (χ1) is 11.6. The molecule has 1 N–H and O–H groups in total. The molecule has 1 unspecified atom stereocenters. The van der Waals surface area contributed by atoms with E-state index in [1.807, 2.05) is 19.1 Å². The summed E-state index contributed by atoms with van der Waals surface area (Å²) in [7, 11) is 4.83. The third-order valence-electron chi connectivity index (χ3n) is 4.42. The van der Waals surface area contributed by atoms with Crippen LogP contribution in [0, 0.1) is 5.92 Å². The van der Waals surface area contributed by atoms with Gasteiger partial charge in [-0.3, -0.25) is 4.79 Å². The van der Waals surface area contributed by atoms with Crippen molar-refractivity contribution in [2.24, 2.45) is 5.92 Å². The number of rotatable bonds is 7. The van der Waals surface area contributed by atoms with Gasteiger partial charge in [0.2, 0.25) is 5.75 Å². The molecule has 6 nitrogen and oxygen atoms in total. The molecule has 1 aliphatic heterocycles. The van der Waals surface area contributed by atoms with E-state index in [1.165, 1.54) is 4.90 Å². The van der Waals surface area contributed by atoms with Crippen LogP contribution >= 0.6 is 0 Å². The van der Waals surface area contributed by atoms with Gasteiger partial charge in [0, 0.05) is 5.56 Å². The van der Waals surface area contributed by atoms with Crippen molar-refractivity contribution in [2.45, 2.75) is 26.3 Å². The van der Waals surface area contributed by atoms with Gasteiger partial charge in [0.15, 0.2) is 11.5 Å². The number of carbonyl (C=O) groups is 1. The highest BCUT2D eigenvalue weighted by molar-refractivity contribution is 5.72. The van der Waals surface area contributed by atoms with Gasteiger partial charge in [-0.25, -0.2) is 0 Å². The van der Waals surface area contributed by atoms with Crippen LogP contribution in [0.1, 0.15) is 25.3 Å². The van der Waals surface area contributed by atoms with Crippen LogP contribution in [-0.2, 0) is 16.1 Å². The number of piperidine rings is 1. The summed E-state index contributed by atoms with van der Waals surface area (Å²) in [6, 6.07) is 3.95. The van der Waals surface area contributed by atoms with E-state index in [4.69, 9.17) is 18.9 Å². The largest absolute Gasteiger partial charge is 0.493 e. The second-order valence-electron chi connectivity index (χ2n) is 6.01. The van der Waals surface area contributed by atoms with Crippen LogP contribution in [0.3, 0.4) is 0 Å². The van der Waals surface area contributed by atoms with Crippen molar-refractivity contribution < 1.29 is 28.6 Å². The lowest BCUT2D eigenvalue weighted by atomic mass is 9.97. The van der Waals surface area contributed by atoms with Gasteiger partial charge in [0.1, 0.15) is 12.5 Å². The molecule has 1 saturated heterocycles. The Kier molecular flexibility index (Phi) is 6.73. The first kappa shape index (κ1) is 18.4. The molecule has 0 amide bonds. The molecule has 1 fully saturated rings. The van der Waals surface area contributed by atoms with Crippen LogP contribution in [0.5, 0.6) is 17.2 Å². The van der Waals surface area contributed by atoms with Crippen molar-refractivity contribution in [1.82, 2.24) is 0 Å². The molecule has 24 heavy (non-hydrogen) atoms.